The fourth-order valence-corrected chi connectivity index (χ4v) is 1.63. The Morgan fingerprint density at radius 1 is 1.24 bits per heavy atom. The highest BCUT2D eigenvalue weighted by Crippen LogP contribution is 2.19. The molecule has 0 saturated carbocycles. The van der Waals surface area contributed by atoms with E-state index in [4.69, 9.17) is 11.0 Å². The molecular weight excluding hydrogens is 214 g/mol. The average molecular weight is 225 g/mol. The Bertz CT molecular complexity index is 648. The van der Waals surface area contributed by atoms with Crippen molar-refractivity contribution in [3.63, 3.8) is 0 Å². The number of aryl methyl sites for hydroxylation is 1. The lowest BCUT2D eigenvalue weighted by Gasteiger charge is -2.05. The number of nitriles is 1. The van der Waals surface area contributed by atoms with Gasteiger partial charge < -0.3 is 10.3 Å². The third-order valence-electron chi connectivity index (χ3n) is 2.55. The summed E-state index contributed by atoms with van der Waals surface area (Å²) in [5.74, 6) is 0. The molecule has 0 aliphatic heterocycles. The first-order chi connectivity index (χ1) is 8.11. The Labute approximate surface area is 98.5 Å². The van der Waals surface area contributed by atoms with E-state index in [0.717, 1.165) is 11.1 Å². The molecule has 0 radical (unpaired) electrons. The Kier molecular flexibility index (Phi) is 2.67. The van der Waals surface area contributed by atoms with Crippen molar-refractivity contribution in [2.24, 2.45) is 7.05 Å². The predicted molar refractivity (Wildman–Crippen MR) is 66.2 cm³/mol. The van der Waals surface area contributed by atoms with Gasteiger partial charge in [0.15, 0.2) is 0 Å². The van der Waals surface area contributed by atoms with E-state index in [9.17, 15) is 4.79 Å². The summed E-state index contributed by atoms with van der Waals surface area (Å²) in [7, 11) is 1.63. The van der Waals surface area contributed by atoms with Crippen LogP contribution in [0.4, 0.5) is 5.69 Å². The number of hydrogen-bond donors (Lipinski definition) is 1. The van der Waals surface area contributed by atoms with Crippen molar-refractivity contribution in [3.8, 4) is 17.2 Å². The summed E-state index contributed by atoms with van der Waals surface area (Å²) in [5.41, 5.74) is 7.89. The quantitative estimate of drug-likeness (QED) is 0.747. The van der Waals surface area contributed by atoms with Crippen molar-refractivity contribution in [1.82, 2.24) is 4.57 Å². The van der Waals surface area contributed by atoms with Crippen LogP contribution in [-0.2, 0) is 7.05 Å². The van der Waals surface area contributed by atoms with Crippen LogP contribution >= 0.6 is 0 Å². The van der Waals surface area contributed by atoms with E-state index in [1.165, 1.54) is 4.57 Å². The van der Waals surface area contributed by atoms with Gasteiger partial charge in [0, 0.05) is 18.9 Å². The molecule has 2 rings (SSSR count). The maximum absolute atomic E-state index is 11.6. The zero-order chi connectivity index (χ0) is 12.4. The summed E-state index contributed by atoms with van der Waals surface area (Å²) < 4.78 is 1.41. The van der Waals surface area contributed by atoms with Crippen molar-refractivity contribution >= 4 is 5.69 Å². The number of hydrogen-bond acceptors (Lipinski definition) is 3. The van der Waals surface area contributed by atoms with Gasteiger partial charge in [0.1, 0.15) is 11.6 Å². The van der Waals surface area contributed by atoms with Crippen LogP contribution in [0.1, 0.15) is 5.56 Å². The summed E-state index contributed by atoms with van der Waals surface area (Å²) in [6, 6.07) is 10.8. The maximum atomic E-state index is 11.6. The molecule has 0 atom stereocenters. The predicted octanol–water partition coefficient (Wildman–Crippen LogP) is 1.51. The van der Waals surface area contributed by atoms with Crippen LogP contribution < -0.4 is 11.3 Å². The van der Waals surface area contributed by atoms with E-state index >= 15 is 0 Å². The molecule has 0 fully saturated rings. The van der Waals surface area contributed by atoms with Crippen molar-refractivity contribution in [2.75, 3.05) is 5.73 Å². The lowest BCUT2D eigenvalue weighted by Crippen LogP contribution is -2.18. The molecule has 0 aliphatic rings. The van der Waals surface area contributed by atoms with Crippen LogP contribution in [0.15, 0.2) is 41.3 Å². The van der Waals surface area contributed by atoms with Gasteiger partial charge in [-0.2, -0.15) is 5.26 Å². The largest absolute Gasteiger partial charge is 0.399 e. The number of benzene rings is 1. The molecule has 0 unspecified atom stereocenters. The Balaban J connectivity index is 2.61. The molecule has 84 valence electrons. The van der Waals surface area contributed by atoms with Crippen LogP contribution in [0.3, 0.4) is 0 Å². The van der Waals surface area contributed by atoms with E-state index in [1.807, 2.05) is 18.2 Å². The second kappa shape index (κ2) is 4.14. The van der Waals surface area contributed by atoms with Gasteiger partial charge >= 0.3 is 0 Å². The number of nitrogens with two attached hydrogens (primary N) is 1. The summed E-state index contributed by atoms with van der Waals surface area (Å²) in [6.45, 7) is 0. The Hall–Kier alpha value is -2.54. The second-order valence-electron chi connectivity index (χ2n) is 3.79. The minimum atomic E-state index is -0.285. The van der Waals surface area contributed by atoms with Crippen LogP contribution in [-0.4, -0.2) is 4.57 Å². The van der Waals surface area contributed by atoms with Gasteiger partial charge in [-0.25, -0.2) is 0 Å². The molecule has 0 spiro atoms. The molecule has 17 heavy (non-hydrogen) atoms. The smallest absolute Gasteiger partial charge is 0.268 e. The highest BCUT2D eigenvalue weighted by molar-refractivity contribution is 5.66. The number of nitrogens with zero attached hydrogens (tertiary/aromatic N) is 2. The fraction of sp³-hybridized carbons (Fsp3) is 0.0769. The van der Waals surface area contributed by atoms with Gasteiger partial charge in [-0.1, -0.05) is 12.1 Å². The molecule has 1 aromatic heterocycles. The van der Waals surface area contributed by atoms with E-state index in [0.29, 0.717) is 5.69 Å². The van der Waals surface area contributed by atoms with E-state index in [1.54, 1.807) is 31.4 Å². The SMILES string of the molecule is Cn1cc(-c2ccc(N)cc2)cc(C#N)c1=O. The molecule has 0 saturated heterocycles. The van der Waals surface area contributed by atoms with Gasteiger partial charge in [0.05, 0.1) is 0 Å². The second-order valence-corrected chi connectivity index (χ2v) is 3.79. The van der Waals surface area contributed by atoms with Gasteiger partial charge in [-0.15, -0.1) is 0 Å². The molecule has 0 aliphatic carbocycles. The number of nitrogen functional groups attached to an aromatic ring is 1. The van der Waals surface area contributed by atoms with Crippen LogP contribution in [0.2, 0.25) is 0 Å². The molecule has 2 N–H and O–H groups in total. The fourth-order valence-electron chi connectivity index (χ4n) is 1.63. The highest BCUT2D eigenvalue weighted by atomic mass is 16.1. The lowest BCUT2D eigenvalue weighted by atomic mass is 10.1. The number of anilines is 1. The summed E-state index contributed by atoms with van der Waals surface area (Å²) >= 11 is 0. The van der Waals surface area contributed by atoms with Crippen molar-refractivity contribution < 1.29 is 0 Å². The summed E-state index contributed by atoms with van der Waals surface area (Å²) in [4.78, 5) is 11.6. The van der Waals surface area contributed by atoms with Gasteiger partial charge in [-0.3, -0.25) is 4.79 Å². The van der Waals surface area contributed by atoms with Crippen molar-refractivity contribution in [2.45, 2.75) is 0 Å². The zero-order valence-corrected chi connectivity index (χ0v) is 9.34. The molecule has 0 bridgehead atoms. The van der Waals surface area contributed by atoms with Gasteiger partial charge in [0.2, 0.25) is 0 Å². The molecule has 2 aromatic rings. The molecule has 1 heterocycles. The first-order valence-electron chi connectivity index (χ1n) is 5.08. The highest BCUT2D eigenvalue weighted by Gasteiger charge is 2.05. The number of pyridine rings is 1. The van der Waals surface area contributed by atoms with Crippen molar-refractivity contribution in [1.29, 1.82) is 5.26 Å². The monoisotopic (exact) mass is 225 g/mol. The molecule has 0 amide bonds. The van der Waals surface area contributed by atoms with E-state index < -0.39 is 0 Å². The average Bonchev–Trinajstić information content (AvgIpc) is 2.33. The summed E-state index contributed by atoms with van der Waals surface area (Å²) in [6.07, 6.45) is 1.70. The Morgan fingerprint density at radius 2 is 1.88 bits per heavy atom. The third kappa shape index (κ3) is 2.04. The molecule has 1 aromatic carbocycles. The topological polar surface area (TPSA) is 71.8 Å². The van der Waals surface area contributed by atoms with E-state index in [-0.39, 0.29) is 11.1 Å². The Morgan fingerprint density at radius 3 is 2.47 bits per heavy atom. The van der Waals surface area contributed by atoms with Crippen LogP contribution in [0.5, 0.6) is 0 Å². The van der Waals surface area contributed by atoms with Crippen molar-refractivity contribution in [3.05, 3.63) is 52.4 Å². The molecular formula is C13H11N3O. The molecule has 4 nitrogen and oxygen atoms in total. The number of aromatic nitrogens is 1. The normalized spacial score (nSPS) is 9.88. The lowest BCUT2D eigenvalue weighted by molar-refractivity contribution is 0.857. The van der Waals surface area contributed by atoms with Gasteiger partial charge in [-0.05, 0) is 29.3 Å². The van der Waals surface area contributed by atoms with Crippen LogP contribution in [0, 0.1) is 11.3 Å². The first kappa shape index (κ1) is 11.0. The summed E-state index contributed by atoms with van der Waals surface area (Å²) in [5, 5.41) is 8.88. The standard InChI is InChI=1S/C13H11N3O/c1-16-8-11(6-10(7-14)13(16)17)9-2-4-12(15)5-3-9/h2-6,8H,15H2,1H3. The van der Waals surface area contributed by atoms with E-state index in [2.05, 4.69) is 0 Å². The van der Waals surface area contributed by atoms with Gasteiger partial charge in [0.25, 0.3) is 5.56 Å². The first-order valence-corrected chi connectivity index (χ1v) is 5.08. The maximum Gasteiger partial charge on any atom is 0.268 e. The van der Waals surface area contributed by atoms with Crippen LogP contribution in [0.25, 0.3) is 11.1 Å². The minimum absolute atomic E-state index is 0.141. The molecule has 4 heteroatoms. The zero-order valence-electron chi connectivity index (χ0n) is 9.34. The minimum Gasteiger partial charge on any atom is -0.399 e. The third-order valence-corrected chi connectivity index (χ3v) is 2.55. The number of rotatable bonds is 1.